The second-order valence-electron chi connectivity index (χ2n) is 5.33. The van der Waals surface area contributed by atoms with Gasteiger partial charge in [0.2, 0.25) is 0 Å². The summed E-state index contributed by atoms with van der Waals surface area (Å²) in [4.78, 5) is 11.7. The van der Waals surface area contributed by atoms with Gasteiger partial charge in [-0.05, 0) is 19.8 Å². The molecule has 0 bridgehead atoms. The molecule has 1 saturated carbocycles. The maximum absolute atomic E-state index is 11.7. The van der Waals surface area contributed by atoms with Gasteiger partial charge in [-0.25, -0.2) is 4.63 Å². The average Bonchev–Trinajstić information content (AvgIpc) is 2.68. The number of hydrogen-bond donors (Lipinski definition) is 1. The van der Waals surface area contributed by atoms with Gasteiger partial charge in [-0.2, -0.15) is 0 Å². The Hall–Kier alpha value is -1.39. The standard InChI is InChI=1S/C13H20N2O3/c1-10-11(15-18-14-10)9-13(12(16)17)7-5-3-2-4-6-8-13/h2-9H2,1H3,(H,16,17). The zero-order chi connectivity index (χ0) is 13.0. The highest BCUT2D eigenvalue weighted by Gasteiger charge is 2.39. The maximum Gasteiger partial charge on any atom is 0.310 e. The SMILES string of the molecule is Cc1nonc1CC1(C(=O)O)CCCCCCC1. The van der Waals surface area contributed by atoms with E-state index in [1.165, 1.54) is 6.42 Å². The molecule has 1 aromatic rings. The maximum atomic E-state index is 11.7. The molecule has 1 aliphatic rings. The molecule has 0 aliphatic heterocycles. The van der Waals surface area contributed by atoms with Crippen molar-refractivity contribution in [3.8, 4) is 0 Å². The first-order valence-corrected chi connectivity index (χ1v) is 6.65. The quantitative estimate of drug-likeness (QED) is 0.895. The minimum absolute atomic E-state index is 0.442. The summed E-state index contributed by atoms with van der Waals surface area (Å²) in [6.07, 6.45) is 7.35. The van der Waals surface area contributed by atoms with Crippen molar-refractivity contribution < 1.29 is 14.5 Å². The highest BCUT2D eigenvalue weighted by Crippen LogP contribution is 2.37. The van der Waals surface area contributed by atoms with Gasteiger partial charge in [0.25, 0.3) is 0 Å². The number of hydrogen-bond acceptors (Lipinski definition) is 4. The summed E-state index contributed by atoms with van der Waals surface area (Å²) in [5.74, 6) is -0.702. The van der Waals surface area contributed by atoms with Crippen molar-refractivity contribution in [1.29, 1.82) is 0 Å². The van der Waals surface area contributed by atoms with E-state index in [0.29, 0.717) is 17.8 Å². The summed E-state index contributed by atoms with van der Waals surface area (Å²) >= 11 is 0. The molecule has 0 unspecified atom stereocenters. The van der Waals surface area contributed by atoms with Crippen LogP contribution in [0, 0.1) is 12.3 Å². The lowest BCUT2D eigenvalue weighted by molar-refractivity contribution is -0.150. The molecule has 100 valence electrons. The van der Waals surface area contributed by atoms with Crippen LogP contribution >= 0.6 is 0 Å². The van der Waals surface area contributed by atoms with Gasteiger partial charge in [0.05, 0.1) is 5.41 Å². The minimum atomic E-state index is -0.702. The Bertz CT molecular complexity index is 406. The van der Waals surface area contributed by atoms with Crippen LogP contribution < -0.4 is 0 Å². The van der Waals surface area contributed by atoms with Crippen LogP contribution in [0.3, 0.4) is 0 Å². The molecule has 5 heteroatoms. The lowest BCUT2D eigenvalue weighted by Crippen LogP contribution is -2.34. The highest BCUT2D eigenvalue weighted by molar-refractivity contribution is 5.75. The highest BCUT2D eigenvalue weighted by atomic mass is 16.6. The van der Waals surface area contributed by atoms with Crippen LogP contribution in [0.4, 0.5) is 0 Å². The van der Waals surface area contributed by atoms with Crippen molar-refractivity contribution in [2.45, 2.75) is 58.3 Å². The van der Waals surface area contributed by atoms with Crippen LogP contribution in [0.15, 0.2) is 4.63 Å². The molecule has 1 N–H and O–H groups in total. The Morgan fingerprint density at radius 3 is 2.33 bits per heavy atom. The molecule has 2 rings (SSSR count). The third-order valence-corrected chi connectivity index (χ3v) is 4.02. The first kappa shape index (κ1) is 13.1. The number of carboxylic acids is 1. The van der Waals surface area contributed by atoms with E-state index in [-0.39, 0.29) is 0 Å². The summed E-state index contributed by atoms with van der Waals surface area (Å²) in [5, 5.41) is 17.2. The Kier molecular flexibility index (Phi) is 3.99. The van der Waals surface area contributed by atoms with Gasteiger partial charge in [-0.3, -0.25) is 4.79 Å². The van der Waals surface area contributed by atoms with Crippen LogP contribution in [0.1, 0.15) is 56.3 Å². The van der Waals surface area contributed by atoms with Crippen molar-refractivity contribution in [3.63, 3.8) is 0 Å². The van der Waals surface area contributed by atoms with E-state index in [4.69, 9.17) is 0 Å². The third-order valence-electron chi connectivity index (χ3n) is 4.02. The summed E-state index contributed by atoms with van der Waals surface area (Å²) < 4.78 is 4.67. The van der Waals surface area contributed by atoms with E-state index in [2.05, 4.69) is 14.9 Å². The Morgan fingerprint density at radius 2 is 1.83 bits per heavy atom. The Morgan fingerprint density at radius 1 is 1.22 bits per heavy atom. The van der Waals surface area contributed by atoms with E-state index in [0.717, 1.165) is 38.5 Å². The Balaban J connectivity index is 2.19. The number of carbonyl (C=O) groups is 1. The molecule has 0 spiro atoms. The number of aryl methyl sites for hydroxylation is 1. The molecule has 0 atom stereocenters. The molecule has 18 heavy (non-hydrogen) atoms. The molecular weight excluding hydrogens is 232 g/mol. The van der Waals surface area contributed by atoms with Gasteiger partial charge >= 0.3 is 5.97 Å². The van der Waals surface area contributed by atoms with E-state index in [1.807, 2.05) is 6.92 Å². The van der Waals surface area contributed by atoms with Crippen molar-refractivity contribution in [1.82, 2.24) is 10.3 Å². The van der Waals surface area contributed by atoms with Crippen molar-refractivity contribution in [2.75, 3.05) is 0 Å². The van der Waals surface area contributed by atoms with Crippen molar-refractivity contribution in [2.24, 2.45) is 5.41 Å². The van der Waals surface area contributed by atoms with E-state index in [1.54, 1.807) is 0 Å². The molecule has 1 fully saturated rings. The van der Waals surface area contributed by atoms with Gasteiger partial charge in [0, 0.05) is 6.42 Å². The lowest BCUT2D eigenvalue weighted by atomic mass is 9.73. The summed E-state index contributed by atoms with van der Waals surface area (Å²) in [5.41, 5.74) is 0.722. The number of rotatable bonds is 3. The van der Waals surface area contributed by atoms with Gasteiger partial charge in [0.1, 0.15) is 11.4 Å². The predicted octanol–water partition coefficient (Wildman–Crippen LogP) is 2.74. The van der Waals surface area contributed by atoms with E-state index < -0.39 is 11.4 Å². The predicted molar refractivity (Wildman–Crippen MR) is 65.1 cm³/mol. The van der Waals surface area contributed by atoms with Crippen LogP contribution in [0.25, 0.3) is 0 Å². The van der Waals surface area contributed by atoms with E-state index >= 15 is 0 Å². The first-order valence-electron chi connectivity index (χ1n) is 6.65. The fourth-order valence-electron chi connectivity index (χ4n) is 2.78. The molecule has 5 nitrogen and oxygen atoms in total. The topological polar surface area (TPSA) is 76.2 Å². The van der Waals surface area contributed by atoms with E-state index in [9.17, 15) is 9.90 Å². The van der Waals surface area contributed by atoms with Crippen molar-refractivity contribution in [3.05, 3.63) is 11.4 Å². The molecule has 0 radical (unpaired) electrons. The van der Waals surface area contributed by atoms with Crippen LogP contribution in [0.5, 0.6) is 0 Å². The summed E-state index contributed by atoms with van der Waals surface area (Å²) in [6.45, 7) is 1.81. The zero-order valence-electron chi connectivity index (χ0n) is 10.8. The lowest BCUT2D eigenvalue weighted by Gasteiger charge is -2.30. The molecule has 1 heterocycles. The molecule has 1 aliphatic carbocycles. The fraction of sp³-hybridized carbons (Fsp3) is 0.769. The van der Waals surface area contributed by atoms with Crippen molar-refractivity contribution >= 4 is 5.97 Å². The zero-order valence-corrected chi connectivity index (χ0v) is 10.8. The van der Waals surface area contributed by atoms with Crippen LogP contribution in [-0.2, 0) is 11.2 Å². The molecule has 1 aromatic heterocycles. The largest absolute Gasteiger partial charge is 0.481 e. The van der Waals surface area contributed by atoms with Crippen LogP contribution in [0.2, 0.25) is 0 Å². The smallest absolute Gasteiger partial charge is 0.310 e. The second-order valence-corrected chi connectivity index (χ2v) is 5.33. The normalized spacial score (nSPS) is 20.1. The first-order chi connectivity index (χ1) is 8.64. The summed E-state index contributed by atoms with van der Waals surface area (Å²) in [6, 6.07) is 0. The van der Waals surface area contributed by atoms with Gasteiger partial charge in [0.15, 0.2) is 0 Å². The van der Waals surface area contributed by atoms with Crippen LogP contribution in [-0.4, -0.2) is 21.4 Å². The fourth-order valence-corrected chi connectivity index (χ4v) is 2.78. The molecular formula is C13H20N2O3. The minimum Gasteiger partial charge on any atom is -0.481 e. The average molecular weight is 252 g/mol. The number of aromatic nitrogens is 2. The third kappa shape index (κ3) is 2.71. The number of aliphatic carboxylic acids is 1. The number of carboxylic acid groups (broad SMARTS) is 1. The number of nitrogens with zero attached hydrogens (tertiary/aromatic N) is 2. The van der Waals surface area contributed by atoms with Gasteiger partial charge < -0.3 is 5.11 Å². The monoisotopic (exact) mass is 252 g/mol. The van der Waals surface area contributed by atoms with Gasteiger partial charge in [-0.1, -0.05) is 42.4 Å². The summed E-state index contributed by atoms with van der Waals surface area (Å²) in [7, 11) is 0. The van der Waals surface area contributed by atoms with Gasteiger partial charge in [-0.15, -0.1) is 0 Å². The molecule has 0 saturated heterocycles. The Labute approximate surface area is 107 Å². The molecule has 0 amide bonds. The second kappa shape index (κ2) is 5.50. The molecule has 0 aromatic carbocycles.